The van der Waals surface area contributed by atoms with E-state index < -0.39 is 42.6 Å². The summed E-state index contributed by atoms with van der Waals surface area (Å²) in [4.78, 5) is -0.536. The van der Waals surface area contributed by atoms with Crippen LogP contribution < -0.4 is 9.44 Å². The van der Waals surface area contributed by atoms with E-state index in [4.69, 9.17) is 11.6 Å². The number of benzene rings is 3. The second-order valence-electron chi connectivity index (χ2n) is 6.38. The summed E-state index contributed by atoms with van der Waals surface area (Å²) in [6, 6.07) is 11.0. The highest BCUT2D eigenvalue weighted by molar-refractivity contribution is 7.93. The molecule has 0 heterocycles. The Labute approximate surface area is 185 Å². The molecule has 0 aliphatic rings. The van der Waals surface area contributed by atoms with Crippen molar-refractivity contribution < 1.29 is 34.4 Å². The van der Waals surface area contributed by atoms with Gasteiger partial charge in [-0.25, -0.2) is 21.2 Å². The van der Waals surface area contributed by atoms with Crippen molar-refractivity contribution in [1.29, 1.82) is 0 Å². The number of halogens is 5. The molecule has 0 unspecified atom stereocenters. The summed E-state index contributed by atoms with van der Waals surface area (Å²) < 4.78 is 106. The van der Waals surface area contributed by atoms with E-state index >= 15 is 0 Å². The van der Waals surface area contributed by atoms with E-state index in [1.165, 1.54) is 0 Å². The maximum atomic E-state index is 13.0. The molecule has 0 aromatic heterocycles. The van der Waals surface area contributed by atoms with Crippen molar-refractivity contribution in [3.8, 4) is 0 Å². The molecule has 2 N–H and O–H groups in total. The summed E-state index contributed by atoms with van der Waals surface area (Å²) in [7, 11) is -8.34. The van der Waals surface area contributed by atoms with Crippen LogP contribution in [0.4, 0.5) is 28.9 Å². The van der Waals surface area contributed by atoms with Gasteiger partial charge in [-0.1, -0.05) is 11.6 Å². The first-order valence-electron chi connectivity index (χ1n) is 8.56. The Bertz CT molecular complexity index is 1340. The molecule has 0 aliphatic heterocycles. The summed E-state index contributed by atoms with van der Waals surface area (Å²) in [5.41, 5.74) is -1.55. The average Bonchev–Trinajstić information content (AvgIpc) is 2.69. The molecule has 3 aromatic carbocycles. The Morgan fingerprint density at radius 2 is 1.12 bits per heavy atom. The van der Waals surface area contributed by atoms with Crippen LogP contribution in [0, 0.1) is 5.82 Å². The number of sulfonamides is 2. The summed E-state index contributed by atoms with van der Waals surface area (Å²) >= 11 is 5.52. The zero-order chi connectivity index (χ0) is 23.7. The molecular formula is C19H13ClF4N2O4S2. The minimum atomic E-state index is -4.78. The van der Waals surface area contributed by atoms with Crippen LogP contribution in [0.1, 0.15) is 5.56 Å². The molecule has 0 bridgehead atoms. The van der Waals surface area contributed by atoms with Gasteiger partial charge in [0.25, 0.3) is 20.0 Å². The van der Waals surface area contributed by atoms with Crippen LogP contribution in [-0.4, -0.2) is 16.8 Å². The van der Waals surface area contributed by atoms with Crippen LogP contribution in [0.5, 0.6) is 0 Å². The van der Waals surface area contributed by atoms with Crippen LogP contribution >= 0.6 is 11.6 Å². The Morgan fingerprint density at radius 3 is 1.62 bits per heavy atom. The molecule has 3 aromatic rings. The van der Waals surface area contributed by atoms with Gasteiger partial charge in [0.05, 0.1) is 20.4 Å². The van der Waals surface area contributed by atoms with Gasteiger partial charge in [-0.15, -0.1) is 0 Å². The Morgan fingerprint density at radius 1 is 0.688 bits per heavy atom. The van der Waals surface area contributed by atoms with Crippen LogP contribution in [-0.2, 0) is 26.2 Å². The normalized spacial score (nSPS) is 12.4. The van der Waals surface area contributed by atoms with Crippen molar-refractivity contribution in [2.45, 2.75) is 16.0 Å². The Balaban J connectivity index is 1.80. The van der Waals surface area contributed by atoms with Crippen LogP contribution in [0.15, 0.2) is 76.5 Å². The summed E-state index contributed by atoms with van der Waals surface area (Å²) in [6.07, 6.45) is -4.78. The number of nitrogens with one attached hydrogen (secondary N) is 2. The zero-order valence-electron chi connectivity index (χ0n) is 15.7. The summed E-state index contributed by atoms with van der Waals surface area (Å²) in [5.74, 6) is -0.617. The van der Waals surface area contributed by atoms with E-state index in [0.717, 1.165) is 60.7 Å². The maximum Gasteiger partial charge on any atom is 0.417 e. The molecule has 32 heavy (non-hydrogen) atoms. The van der Waals surface area contributed by atoms with Crippen molar-refractivity contribution in [3.63, 3.8) is 0 Å². The number of anilines is 2. The van der Waals surface area contributed by atoms with E-state index in [2.05, 4.69) is 4.72 Å². The van der Waals surface area contributed by atoms with Crippen molar-refractivity contribution in [2.24, 2.45) is 0 Å². The van der Waals surface area contributed by atoms with E-state index in [0.29, 0.717) is 6.07 Å². The molecule has 0 saturated heterocycles. The van der Waals surface area contributed by atoms with Crippen molar-refractivity contribution in [3.05, 3.63) is 83.1 Å². The average molecular weight is 509 g/mol. The molecule has 0 spiro atoms. The highest BCUT2D eigenvalue weighted by Crippen LogP contribution is 2.36. The maximum absolute atomic E-state index is 13.0. The van der Waals surface area contributed by atoms with E-state index in [-0.39, 0.29) is 21.2 Å². The molecule has 170 valence electrons. The van der Waals surface area contributed by atoms with Gasteiger partial charge in [-0.2, -0.15) is 13.2 Å². The summed E-state index contributed by atoms with van der Waals surface area (Å²) in [5, 5.41) is -0.585. The standard InChI is InChI=1S/C19H13ClF4N2O4S2/c20-18-10-5-14(11-17(18)19(22,23)24)26-32(29,30)16-8-3-13(4-9-16)25-31(27,28)15-6-1-12(21)2-7-15/h1-11,25-26H. The van der Waals surface area contributed by atoms with Gasteiger partial charge in [0.15, 0.2) is 0 Å². The number of rotatable bonds is 6. The number of hydrogen-bond donors (Lipinski definition) is 2. The van der Waals surface area contributed by atoms with E-state index in [1.807, 2.05) is 4.72 Å². The molecular weight excluding hydrogens is 496 g/mol. The first-order chi connectivity index (χ1) is 14.8. The van der Waals surface area contributed by atoms with Gasteiger partial charge in [-0.3, -0.25) is 9.44 Å². The predicted octanol–water partition coefficient (Wildman–Crippen LogP) is 5.10. The molecule has 13 heteroatoms. The van der Waals surface area contributed by atoms with Crippen molar-refractivity contribution in [1.82, 2.24) is 0 Å². The van der Waals surface area contributed by atoms with Gasteiger partial charge < -0.3 is 0 Å². The quantitative estimate of drug-likeness (QED) is 0.453. The Kier molecular flexibility index (Phi) is 6.40. The van der Waals surface area contributed by atoms with Gasteiger partial charge in [-0.05, 0) is 66.7 Å². The highest BCUT2D eigenvalue weighted by atomic mass is 35.5. The fraction of sp³-hybridized carbons (Fsp3) is 0.0526. The lowest BCUT2D eigenvalue weighted by molar-refractivity contribution is -0.137. The van der Waals surface area contributed by atoms with E-state index in [9.17, 15) is 34.4 Å². The third kappa shape index (κ3) is 5.50. The topological polar surface area (TPSA) is 92.3 Å². The first kappa shape index (κ1) is 23.8. The van der Waals surface area contributed by atoms with Gasteiger partial charge in [0, 0.05) is 11.4 Å². The lowest BCUT2D eigenvalue weighted by Crippen LogP contribution is -2.15. The van der Waals surface area contributed by atoms with Crippen LogP contribution in [0.3, 0.4) is 0 Å². The summed E-state index contributed by atoms with van der Waals surface area (Å²) in [6.45, 7) is 0. The fourth-order valence-corrected chi connectivity index (χ4v) is 4.88. The molecule has 0 aliphatic carbocycles. The third-order valence-electron chi connectivity index (χ3n) is 4.06. The van der Waals surface area contributed by atoms with Crippen molar-refractivity contribution in [2.75, 3.05) is 9.44 Å². The monoisotopic (exact) mass is 508 g/mol. The molecule has 0 fully saturated rings. The molecule has 0 atom stereocenters. The van der Waals surface area contributed by atoms with Crippen molar-refractivity contribution >= 4 is 43.0 Å². The molecule has 3 rings (SSSR count). The predicted molar refractivity (Wildman–Crippen MR) is 111 cm³/mol. The van der Waals surface area contributed by atoms with Crippen LogP contribution in [0.25, 0.3) is 0 Å². The molecule has 0 radical (unpaired) electrons. The second kappa shape index (κ2) is 8.60. The molecule has 0 saturated carbocycles. The van der Waals surface area contributed by atoms with E-state index in [1.54, 1.807) is 0 Å². The van der Waals surface area contributed by atoms with Crippen LogP contribution in [0.2, 0.25) is 5.02 Å². The number of alkyl halides is 3. The largest absolute Gasteiger partial charge is 0.417 e. The highest BCUT2D eigenvalue weighted by Gasteiger charge is 2.33. The number of hydrogen-bond acceptors (Lipinski definition) is 4. The smallest absolute Gasteiger partial charge is 0.280 e. The minimum absolute atomic E-state index is 0.0131. The zero-order valence-corrected chi connectivity index (χ0v) is 18.1. The molecule has 0 amide bonds. The lowest BCUT2D eigenvalue weighted by atomic mass is 10.2. The fourth-order valence-electron chi connectivity index (χ4n) is 2.55. The third-order valence-corrected chi connectivity index (χ3v) is 7.19. The Hall–Kier alpha value is -2.83. The van der Waals surface area contributed by atoms with Gasteiger partial charge in [0.2, 0.25) is 0 Å². The van der Waals surface area contributed by atoms with Gasteiger partial charge in [0.1, 0.15) is 5.82 Å². The SMILES string of the molecule is O=S(=O)(Nc1ccc(S(=O)(=O)Nc2ccc(Cl)c(C(F)(F)F)c2)cc1)c1ccc(F)cc1. The van der Waals surface area contributed by atoms with Gasteiger partial charge >= 0.3 is 6.18 Å². The lowest BCUT2D eigenvalue weighted by Gasteiger charge is -2.13. The molecule has 6 nitrogen and oxygen atoms in total. The minimum Gasteiger partial charge on any atom is -0.280 e. The second-order valence-corrected chi connectivity index (χ2v) is 10.2. The first-order valence-corrected chi connectivity index (χ1v) is 11.9.